The summed E-state index contributed by atoms with van der Waals surface area (Å²) in [5, 5.41) is 0. The van der Waals surface area contributed by atoms with Crippen LogP contribution in [-0.2, 0) is 10.0 Å². The summed E-state index contributed by atoms with van der Waals surface area (Å²) in [5.74, 6) is 1.16. The standard InChI is InChI=1S/C20H27NO4S/c1-6-24-18-12-11-16(13-19(18)25-7-2)26(22,23)21-20-15(5)9-8-10-17(20)14(3)4/h8-14,21H,6-7H2,1-5H3. The zero-order chi connectivity index (χ0) is 19.3. The Balaban J connectivity index is 2.44. The highest BCUT2D eigenvalue weighted by molar-refractivity contribution is 7.92. The van der Waals surface area contributed by atoms with Crippen LogP contribution in [0.15, 0.2) is 41.3 Å². The summed E-state index contributed by atoms with van der Waals surface area (Å²) in [7, 11) is -3.75. The second-order valence-corrected chi connectivity index (χ2v) is 7.96. The van der Waals surface area contributed by atoms with Crippen LogP contribution in [0.4, 0.5) is 5.69 Å². The fourth-order valence-electron chi connectivity index (χ4n) is 2.70. The van der Waals surface area contributed by atoms with Gasteiger partial charge in [0.1, 0.15) is 0 Å². The summed E-state index contributed by atoms with van der Waals surface area (Å²) in [4.78, 5) is 0.141. The first-order valence-electron chi connectivity index (χ1n) is 8.82. The van der Waals surface area contributed by atoms with Gasteiger partial charge in [0.15, 0.2) is 11.5 Å². The summed E-state index contributed by atoms with van der Waals surface area (Å²) in [6, 6.07) is 10.4. The van der Waals surface area contributed by atoms with E-state index in [1.807, 2.05) is 52.8 Å². The number of sulfonamides is 1. The van der Waals surface area contributed by atoms with Crippen LogP contribution in [0.3, 0.4) is 0 Å². The maximum atomic E-state index is 12.9. The van der Waals surface area contributed by atoms with Crippen molar-refractivity contribution < 1.29 is 17.9 Å². The Morgan fingerprint density at radius 3 is 2.27 bits per heavy atom. The van der Waals surface area contributed by atoms with Gasteiger partial charge in [0, 0.05) is 6.07 Å². The SMILES string of the molecule is CCOc1ccc(S(=O)(=O)Nc2c(C)cccc2C(C)C)cc1OCC. The summed E-state index contributed by atoms with van der Waals surface area (Å²) in [6.07, 6.45) is 0. The molecule has 0 fully saturated rings. The number of nitrogens with one attached hydrogen (secondary N) is 1. The third-order valence-corrected chi connectivity index (χ3v) is 5.34. The maximum Gasteiger partial charge on any atom is 0.262 e. The van der Waals surface area contributed by atoms with Crippen molar-refractivity contribution in [3.63, 3.8) is 0 Å². The van der Waals surface area contributed by atoms with Gasteiger partial charge in [0.05, 0.1) is 23.8 Å². The molecule has 0 amide bonds. The molecule has 2 aromatic carbocycles. The number of benzene rings is 2. The van der Waals surface area contributed by atoms with E-state index in [0.29, 0.717) is 30.4 Å². The lowest BCUT2D eigenvalue weighted by atomic mass is 9.99. The zero-order valence-corrected chi connectivity index (χ0v) is 16.8. The molecular formula is C20H27NO4S. The minimum Gasteiger partial charge on any atom is -0.490 e. The monoisotopic (exact) mass is 377 g/mol. The highest BCUT2D eigenvalue weighted by atomic mass is 32.2. The molecule has 26 heavy (non-hydrogen) atoms. The number of hydrogen-bond donors (Lipinski definition) is 1. The molecule has 6 heteroatoms. The van der Waals surface area contributed by atoms with E-state index in [1.54, 1.807) is 6.07 Å². The lowest BCUT2D eigenvalue weighted by Gasteiger charge is -2.18. The Labute approximate surface area is 156 Å². The van der Waals surface area contributed by atoms with Gasteiger partial charge in [0.2, 0.25) is 0 Å². The van der Waals surface area contributed by atoms with Crippen molar-refractivity contribution in [2.45, 2.75) is 45.4 Å². The van der Waals surface area contributed by atoms with Crippen molar-refractivity contribution >= 4 is 15.7 Å². The summed E-state index contributed by atoms with van der Waals surface area (Å²) >= 11 is 0. The van der Waals surface area contributed by atoms with E-state index in [4.69, 9.17) is 9.47 Å². The summed E-state index contributed by atoms with van der Waals surface area (Å²) in [5.41, 5.74) is 2.48. The van der Waals surface area contributed by atoms with Gasteiger partial charge < -0.3 is 9.47 Å². The molecule has 0 atom stereocenters. The second kappa shape index (κ2) is 8.45. The topological polar surface area (TPSA) is 64.6 Å². The van der Waals surface area contributed by atoms with Gasteiger partial charge >= 0.3 is 0 Å². The van der Waals surface area contributed by atoms with Gasteiger partial charge in [-0.25, -0.2) is 8.42 Å². The van der Waals surface area contributed by atoms with Gasteiger partial charge in [0.25, 0.3) is 10.0 Å². The quantitative estimate of drug-likeness (QED) is 0.723. The van der Waals surface area contributed by atoms with Crippen molar-refractivity contribution in [1.82, 2.24) is 0 Å². The Morgan fingerprint density at radius 1 is 1.00 bits per heavy atom. The van der Waals surface area contributed by atoms with Gasteiger partial charge in [-0.1, -0.05) is 32.0 Å². The Morgan fingerprint density at radius 2 is 1.65 bits per heavy atom. The van der Waals surface area contributed by atoms with E-state index in [1.165, 1.54) is 12.1 Å². The van der Waals surface area contributed by atoms with E-state index in [0.717, 1.165) is 11.1 Å². The molecule has 0 bridgehead atoms. The Hall–Kier alpha value is -2.21. The molecule has 2 rings (SSSR count). The van der Waals surface area contributed by atoms with E-state index in [9.17, 15) is 8.42 Å². The van der Waals surface area contributed by atoms with Crippen LogP contribution in [0.1, 0.15) is 44.7 Å². The number of ether oxygens (including phenoxy) is 2. The molecule has 0 radical (unpaired) electrons. The van der Waals surface area contributed by atoms with Crippen LogP contribution in [0.25, 0.3) is 0 Å². The molecule has 0 aromatic heterocycles. The fourth-order valence-corrected chi connectivity index (χ4v) is 3.88. The third kappa shape index (κ3) is 4.49. The number of rotatable bonds is 8. The molecule has 0 saturated heterocycles. The lowest BCUT2D eigenvalue weighted by molar-refractivity contribution is 0.287. The van der Waals surface area contributed by atoms with Crippen LogP contribution in [0.5, 0.6) is 11.5 Å². The minimum atomic E-state index is -3.75. The van der Waals surface area contributed by atoms with E-state index >= 15 is 0 Å². The highest BCUT2D eigenvalue weighted by Gasteiger charge is 2.20. The second-order valence-electron chi connectivity index (χ2n) is 6.27. The van der Waals surface area contributed by atoms with E-state index in [2.05, 4.69) is 4.72 Å². The number of hydrogen-bond acceptors (Lipinski definition) is 4. The molecule has 0 spiro atoms. The summed E-state index contributed by atoms with van der Waals surface area (Å²) in [6.45, 7) is 10.6. The molecule has 5 nitrogen and oxygen atoms in total. The van der Waals surface area contributed by atoms with Crippen molar-refractivity contribution in [3.8, 4) is 11.5 Å². The molecule has 142 valence electrons. The predicted octanol–water partition coefficient (Wildman–Crippen LogP) is 4.72. The first-order chi connectivity index (χ1) is 12.3. The zero-order valence-electron chi connectivity index (χ0n) is 16.0. The van der Waals surface area contributed by atoms with Gasteiger partial charge in [-0.3, -0.25) is 4.72 Å². The maximum absolute atomic E-state index is 12.9. The van der Waals surface area contributed by atoms with Crippen molar-refractivity contribution in [1.29, 1.82) is 0 Å². The van der Waals surface area contributed by atoms with Crippen molar-refractivity contribution in [2.75, 3.05) is 17.9 Å². The van der Waals surface area contributed by atoms with Crippen LogP contribution in [0, 0.1) is 6.92 Å². The molecule has 2 aromatic rings. The van der Waals surface area contributed by atoms with Crippen LogP contribution in [-0.4, -0.2) is 21.6 Å². The molecule has 1 N–H and O–H groups in total. The molecule has 0 heterocycles. The normalized spacial score (nSPS) is 11.5. The molecule has 0 aliphatic rings. The van der Waals surface area contributed by atoms with Crippen molar-refractivity contribution in [3.05, 3.63) is 47.5 Å². The van der Waals surface area contributed by atoms with Gasteiger partial charge in [-0.15, -0.1) is 0 Å². The van der Waals surface area contributed by atoms with Crippen LogP contribution >= 0.6 is 0 Å². The molecule has 0 unspecified atom stereocenters. The van der Waals surface area contributed by atoms with E-state index < -0.39 is 10.0 Å². The predicted molar refractivity (Wildman–Crippen MR) is 105 cm³/mol. The molecule has 0 aliphatic carbocycles. The van der Waals surface area contributed by atoms with Gasteiger partial charge in [-0.05, 0) is 49.9 Å². The number of aryl methyl sites for hydroxylation is 1. The number of para-hydroxylation sites is 1. The first kappa shape index (κ1) is 20.1. The smallest absolute Gasteiger partial charge is 0.262 e. The van der Waals surface area contributed by atoms with Crippen LogP contribution < -0.4 is 14.2 Å². The number of anilines is 1. The Bertz CT molecular complexity index is 860. The summed E-state index contributed by atoms with van der Waals surface area (Å²) < 4.78 is 39.7. The molecule has 0 aliphatic heterocycles. The average molecular weight is 378 g/mol. The van der Waals surface area contributed by atoms with Crippen molar-refractivity contribution in [2.24, 2.45) is 0 Å². The lowest BCUT2D eigenvalue weighted by Crippen LogP contribution is -2.16. The Kier molecular flexibility index (Phi) is 6.53. The van der Waals surface area contributed by atoms with Crippen LogP contribution in [0.2, 0.25) is 0 Å². The highest BCUT2D eigenvalue weighted by Crippen LogP contribution is 2.33. The van der Waals surface area contributed by atoms with E-state index in [-0.39, 0.29) is 10.8 Å². The average Bonchev–Trinajstić information content (AvgIpc) is 2.58. The largest absolute Gasteiger partial charge is 0.490 e. The molecular weight excluding hydrogens is 350 g/mol. The molecule has 0 saturated carbocycles. The first-order valence-corrected chi connectivity index (χ1v) is 10.3. The van der Waals surface area contributed by atoms with Gasteiger partial charge in [-0.2, -0.15) is 0 Å². The fraction of sp³-hybridized carbons (Fsp3) is 0.400. The minimum absolute atomic E-state index is 0.141. The third-order valence-electron chi connectivity index (χ3n) is 3.99.